The molecule has 8 nitrogen and oxygen atoms in total. The van der Waals surface area contributed by atoms with Crippen LogP contribution < -0.4 is 26.0 Å². The maximum atomic E-state index is 13.0. The Kier molecular flexibility index (Phi) is 8.23. The third kappa shape index (κ3) is 6.83. The van der Waals surface area contributed by atoms with Gasteiger partial charge in [0, 0.05) is 22.6 Å². The van der Waals surface area contributed by atoms with Gasteiger partial charge < -0.3 is 26.0 Å². The molecule has 0 aliphatic heterocycles. The largest absolute Gasteiger partial charge is 0.497 e. The van der Waals surface area contributed by atoms with Gasteiger partial charge in [-0.3, -0.25) is 9.59 Å². The third-order valence-corrected chi connectivity index (χ3v) is 5.01. The summed E-state index contributed by atoms with van der Waals surface area (Å²) < 4.78 is 5.11. The first-order valence-corrected chi connectivity index (χ1v) is 10.8. The zero-order chi connectivity index (χ0) is 24.5. The van der Waals surface area contributed by atoms with Crippen LogP contribution in [0, 0.1) is 5.92 Å². The molecule has 0 saturated heterocycles. The number of ether oxygens (including phenoxy) is 1. The summed E-state index contributed by atoms with van der Waals surface area (Å²) in [7, 11) is 1.55. The van der Waals surface area contributed by atoms with Crippen molar-refractivity contribution in [1.82, 2.24) is 5.32 Å². The Balaban J connectivity index is 1.62. The molecule has 0 spiro atoms. The molecule has 3 rings (SSSR count). The fraction of sp³-hybridized carbons (Fsp3) is 0.192. The van der Waals surface area contributed by atoms with Gasteiger partial charge in [0.15, 0.2) is 0 Å². The third-order valence-electron chi connectivity index (χ3n) is 5.01. The zero-order valence-corrected chi connectivity index (χ0v) is 19.3. The average Bonchev–Trinajstić information content (AvgIpc) is 2.83. The summed E-state index contributed by atoms with van der Waals surface area (Å²) >= 11 is 0. The summed E-state index contributed by atoms with van der Waals surface area (Å²) in [5.74, 6) is -0.229. The van der Waals surface area contributed by atoms with E-state index >= 15 is 0 Å². The van der Waals surface area contributed by atoms with Gasteiger partial charge in [0.25, 0.3) is 5.91 Å². The van der Waals surface area contributed by atoms with Gasteiger partial charge in [-0.05, 0) is 60.5 Å². The lowest BCUT2D eigenvalue weighted by Gasteiger charge is -2.22. The molecule has 1 unspecified atom stereocenters. The molecule has 1 atom stereocenters. The number of carbonyl (C=O) groups excluding carboxylic acids is 3. The van der Waals surface area contributed by atoms with Gasteiger partial charge in [0.2, 0.25) is 5.91 Å². The van der Waals surface area contributed by atoms with Crippen molar-refractivity contribution in [3.63, 3.8) is 0 Å². The van der Waals surface area contributed by atoms with E-state index in [0.29, 0.717) is 28.4 Å². The van der Waals surface area contributed by atoms with Crippen LogP contribution in [0.5, 0.6) is 5.75 Å². The first-order valence-electron chi connectivity index (χ1n) is 10.8. The molecule has 0 heterocycles. The second-order valence-corrected chi connectivity index (χ2v) is 7.94. The summed E-state index contributed by atoms with van der Waals surface area (Å²) in [6.45, 7) is 3.70. The predicted octanol–water partition coefficient (Wildman–Crippen LogP) is 4.73. The van der Waals surface area contributed by atoms with Crippen LogP contribution in [0.3, 0.4) is 0 Å². The molecule has 8 heteroatoms. The molecule has 176 valence electrons. The lowest BCUT2D eigenvalue weighted by atomic mass is 10.0. The molecule has 34 heavy (non-hydrogen) atoms. The number of hydrogen-bond donors (Lipinski definition) is 4. The number of carbonyl (C=O) groups is 3. The van der Waals surface area contributed by atoms with E-state index < -0.39 is 12.1 Å². The van der Waals surface area contributed by atoms with Gasteiger partial charge in [-0.15, -0.1) is 0 Å². The van der Waals surface area contributed by atoms with Crippen molar-refractivity contribution in [2.45, 2.75) is 19.9 Å². The Bertz CT molecular complexity index is 1130. The lowest BCUT2D eigenvalue weighted by Crippen LogP contribution is -2.47. The summed E-state index contributed by atoms with van der Waals surface area (Å²) in [5.41, 5.74) is 2.09. The van der Waals surface area contributed by atoms with Gasteiger partial charge in [0.1, 0.15) is 11.8 Å². The average molecular weight is 461 g/mol. The Labute approximate surface area is 198 Å². The van der Waals surface area contributed by atoms with Crippen molar-refractivity contribution >= 4 is 34.9 Å². The number of benzene rings is 3. The second-order valence-electron chi connectivity index (χ2n) is 7.94. The van der Waals surface area contributed by atoms with Gasteiger partial charge in [-0.1, -0.05) is 38.1 Å². The zero-order valence-electron chi connectivity index (χ0n) is 19.3. The minimum atomic E-state index is -0.757. The van der Waals surface area contributed by atoms with E-state index in [0.717, 1.165) is 0 Å². The number of para-hydroxylation sites is 1. The Morgan fingerprint density at radius 2 is 1.32 bits per heavy atom. The number of anilines is 3. The highest BCUT2D eigenvalue weighted by Gasteiger charge is 2.25. The number of urea groups is 1. The molecular formula is C26H28N4O4. The van der Waals surface area contributed by atoms with Gasteiger partial charge in [0.05, 0.1) is 7.11 Å². The minimum absolute atomic E-state index is 0.153. The van der Waals surface area contributed by atoms with E-state index in [1.54, 1.807) is 67.8 Å². The van der Waals surface area contributed by atoms with Crippen LogP contribution in [-0.4, -0.2) is 31.0 Å². The minimum Gasteiger partial charge on any atom is -0.497 e. The summed E-state index contributed by atoms with van der Waals surface area (Å²) in [6, 6.07) is 21.3. The van der Waals surface area contributed by atoms with E-state index in [1.165, 1.54) is 0 Å². The number of hydrogen-bond acceptors (Lipinski definition) is 4. The van der Waals surface area contributed by atoms with Crippen LogP contribution >= 0.6 is 0 Å². The lowest BCUT2D eigenvalue weighted by molar-refractivity contribution is -0.118. The smallest absolute Gasteiger partial charge is 0.323 e. The van der Waals surface area contributed by atoms with Crippen LogP contribution in [-0.2, 0) is 4.79 Å². The first kappa shape index (κ1) is 24.3. The molecule has 0 aliphatic carbocycles. The molecule has 0 fully saturated rings. The molecule has 4 N–H and O–H groups in total. The highest BCUT2D eigenvalue weighted by molar-refractivity contribution is 6.02. The van der Waals surface area contributed by atoms with Crippen molar-refractivity contribution in [3.8, 4) is 5.75 Å². The van der Waals surface area contributed by atoms with E-state index in [9.17, 15) is 14.4 Å². The first-order chi connectivity index (χ1) is 16.4. The highest BCUT2D eigenvalue weighted by atomic mass is 16.5. The maximum Gasteiger partial charge on any atom is 0.323 e. The Morgan fingerprint density at radius 3 is 1.94 bits per heavy atom. The fourth-order valence-corrected chi connectivity index (χ4v) is 3.21. The van der Waals surface area contributed by atoms with Gasteiger partial charge in [-0.25, -0.2) is 4.79 Å². The molecule has 0 aromatic heterocycles. The molecule has 0 aliphatic rings. The summed E-state index contributed by atoms with van der Waals surface area (Å²) in [5, 5.41) is 11.1. The van der Waals surface area contributed by atoms with E-state index in [1.807, 2.05) is 32.0 Å². The number of amides is 4. The van der Waals surface area contributed by atoms with Crippen LogP contribution in [0.2, 0.25) is 0 Å². The highest BCUT2D eigenvalue weighted by Crippen LogP contribution is 2.18. The standard InChI is InChI=1S/C26H28N4O4/c1-17(2)23(30-24(31)18-12-14-22(34-3)15-13-18)25(32)27-20-10-7-11-21(16-20)29-26(33)28-19-8-5-4-6-9-19/h4-17,23H,1-3H3,(H,27,32)(H,30,31)(H2,28,29,33). The van der Waals surface area contributed by atoms with Crippen molar-refractivity contribution in [1.29, 1.82) is 0 Å². The fourth-order valence-electron chi connectivity index (χ4n) is 3.21. The quantitative estimate of drug-likeness (QED) is 0.390. The number of methoxy groups -OCH3 is 1. The Hall–Kier alpha value is -4.33. The van der Waals surface area contributed by atoms with Crippen LogP contribution in [0.15, 0.2) is 78.9 Å². The number of nitrogens with one attached hydrogen (secondary N) is 4. The van der Waals surface area contributed by atoms with E-state index in [2.05, 4.69) is 21.3 Å². The molecule has 0 saturated carbocycles. The van der Waals surface area contributed by atoms with Crippen molar-refractivity contribution < 1.29 is 19.1 Å². The molecule has 0 radical (unpaired) electrons. The predicted molar refractivity (Wildman–Crippen MR) is 133 cm³/mol. The van der Waals surface area contributed by atoms with Crippen LogP contribution in [0.1, 0.15) is 24.2 Å². The van der Waals surface area contributed by atoms with Gasteiger partial charge in [-0.2, -0.15) is 0 Å². The Morgan fingerprint density at radius 1 is 0.735 bits per heavy atom. The molecule has 0 bridgehead atoms. The normalized spacial score (nSPS) is 11.3. The SMILES string of the molecule is COc1ccc(C(=O)NC(C(=O)Nc2cccc(NC(=O)Nc3ccccc3)c2)C(C)C)cc1. The number of rotatable bonds is 8. The maximum absolute atomic E-state index is 13.0. The second kappa shape index (κ2) is 11.5. The summed E-state index contributed by atoms with van der Waals surface area (Å²) in [6.07, 6.45) is 0. The molecule has 3 aromatic rings. The van der Waals surface area contributed by atoms with Crippen molar-refractivity contribution in [3.05, 3.63) is 84.4 Å². The van der Waals surface area contributed by atoms with Gasteiger partial charge >= 0.3 is 6.03 Å². The van der Waals surface area contributed by atoms with E-state index in [-0.39, 0.29) is 17.7 Å². The van der Waals surface area contributed by atoms with E-state index in [4.69, 9.17) is 4.74 Å². The topological polar surface area (TPSA) is 109 Å². The molecule has 3 aromatic carbocycles. The van der Waals surface area contributed by atoms with Crippen molar-refractivity contribution in [2.24, 2.45) is 5.92 Å². The van der Waals surface area contributed by atoms with Crippen molar-refractivity contribution in [2.75, 3.05) is 23.1 Å². The monoisotopic (exact) mass is 460 g/mol. The van der Waals surface area contributed by atoms with Crippen LogP contribution in [0.25, 0.3) is 0 Å². The van der Waals surface area contributed by atoms with Crippen LogP contribution in [0.4, 0.5) is 21.9 Å². The summed E-state index contributed by atoms with van der Waals surface area (Å²) in [4.78, 5) is 37.8. The molecular weight excluding hydrogens is 432 g/mol. The molecule has 4 amide bonds.